The average Bonchev–Trinajstić information content (AvgIpc) is 2.93. The monoisotopic (exact) mass is 504 g/mol. The Hall–Kier alpha value is -2.55. The molecule has 0 heterocycles. The lowest BCUT2D eigenvalue weighted by Crippen LogP contribution is -2.13. The largest absolute Gasteiger partial charge is 0.494 e. The van der Waals surface area contributed by atoms with Crippen LogP contribution in [-0.2, 0) is 0 Å². The van der Waals surface area contributed by atoms with Crippen molar-refractivity contribution in [2.75, 3.05) is 6.61 Å². The van der Waals surface area contributed by atoms with E-state index in [4.69, 9.17) is 9.47 Å². The van der Waals surface area contributed by atoms with Crippen LogP contribution in [0.5, 0.6) is 11.5 Å². The molecule has 202 valence electrons. The van der Waals surface area contributed by atoms with Crippen molar-refractivity contribution in [1.29, 1.82) is 0 Å². The van der Waals surface area contributed by atoms with E-state index in [-0.39, 0.29) is 5.97 Å². The molecule has 3 heteroatoms. The summed E-state index contributed by atoms with van der Waals surface area (Å²) in [6, 6.07) is 15.4. The van der Waals surface area contributed by atoms with Gasteiger partial charge in [0.25, 0.3) is 0 Å². The van der Waals surface area contributed by atoms with Gasteiger partial charge in [0, 0.05) is 0 Å². The summed E-state index contributed by atoms with van der Waals surface area (Å²) in [6.45, 7) is 6.76. The number of unbranched alkanes of at least 4 members (excludes halogenated alkanes) is 8. The molecule has 0 atom stereocenters. The number of hydrogen-bond acceptors (Lipinski definition) is 3. The van der Waals surface area contributed by atoms with Gasteiger partial charge >= 0.3 is 5.97 Å². The summed E-state index contributed by atoms with van der Waals surface area (Å²) in [5.74, 6) is 2.63. The van der Waals surface area contributed by atoms with E-state index in [9.17, 15) is 4.79 Å². The molecule has 0 unspecified atom stereocenters. The number of benzene rings is 2. The summed E-state index contributed by atoms with van der Waals surface area (Å²) >= 11 is 0. The average molecular weight is 505 g/mol. The molecule has 0 saturated heterocycles. The summed E-state index contributed by atoms with van der Waals surface area (Å²) in [4.78, 5) is 12.6. The van der Waals surface area contributed by atoms with Crippen molar-refractivity contribution in [1.82, 2.24) is 0 Å². The molecule has 0 amide bonds. The van der Waals surface area contributed by atoms with Crippen LogP contribution in [-0.4, -0.2) is 12.6 Å². The predicted molar refractivity (Wildman–Crippen MR) is 155 cm³/mol. The van der Waals surface area contributed by atoms with E-state index in [0.29, 0.717) is 23.8 Å². The third-order valence-electron chi connectivity index (χ3n) is 7.79. The van der Waals surface area contributed by atoms with Crippen molar-refractivity contribution in [3.8, 4) is 11.5 Å². The van der Waals surface area contributed by atoms with Gasteiger partial charge < -0.3 is 9.47 Å². The molecule has 0 aliphatic heterocycles. The minimum atomic E-state index is -0.330. The molecule has 0 spiro atoms. The smallest absolute Gasteiger partial charge is 0.343 e. The van der Waals surface area contributed by atoms with Crippen LogP contribution in [0.25, 0.3) is 0 Å². The lowest BCUT2D eigenvalue weighted by atomic mass is 9.77. The highest BCUT2D eigenvalue weighted by Crippen LogP contribution is 2.38. The highest BCUT2D eigenvalue weighted by molar-refractivity contribution is 5.91. The first-order valence-corrected chi connectivity index (χ1v) is 14.9. The van der Waals surface area contributed by atoms with E-state index in [1.807, 2.05) is 30.3 Å². The van der Waals surface area contributed by atoms with Crippen molar-refractivity contribution >= 4 is 5.97 Å². The number of esters is 1. The molecule has 1 saturated carbocycles. The van der Waals surface area contributed by atoms with Gasteiger partial charge in [-0.25, -0.2) is 4.79 Å². The number of carbonyl (C=O) groups excluding carboxylic acids is 1. The molecule has 0 aromatic heterocycles. The number of allylic oxidation sites excluding steroid dienone is 1. The van der Waals surface area contributed by atoms with Gasteiger partial charge in [0.15, 0.2) is 0 Å². The molecule has 1 aliphatic carbocycles. The molecule has 0 bridgehead atoms. The van der Waals surface area contributed by atoms with Gasteiger partial charge in [-0.3, -0.25) is 0 Å². The Morgan fingerprint density at radius 1 is 0.811 bits per heavy atom. The maximum absolute atomic E-state index is 12.6. The Kier molecular flexibility index (Phi) is 13.4. The zero-order valence-corrected chi connectivity index (χ0v) is 23.1. The maximum Gasteiger partial charge on any atom is 0.343 e. The second-order valence-electron chi connectivity index (χ2n) is 10.7. The Balaban J connectivity index is 1.34. The van der Waals surface area contributed by atoms with Crippen LogP contribution in [0.2, 0.25) is 0 Å². The highest BCUT2D eigenvalue weighted by atomic mass is 16.5. The van der Waals surface area contributed by atoms with Crippen molar-refractivity contribution in [3.63, 3.8) is 0 Å². The van der Waals surface area contributed by atoms with Crippen molar-refractivity contribution in [2.24, 2.45) is 5.92 Å². The molecule has 1 aliphatic rings. The molecule has 0 radical (unpaired) electrons. The number of rotatable bonds is 17. The van der Waals surface area contributed by atoms with Gasteiger partial charge in [-0.1, -0.05) is 76.5 Å². The fraction of sp³-hybridized carbons (Fsp3) is 0.559. The van der Waals surface area contributed by atoms with Crippen molar-refractivity contribution in [2.45, 2.75) is 109 Å². The fourth-order valence-electron chi connectivity index (χ4n) is 5.42. The van der Waals surface area contributed by atoms with Crippen LogP contribution in [0.3, 0.4) is 0 Å². The summed E-state index contributed by atoms with van der Waals surface area (Å²) < 4.78 is 11.5. The number of ether oxygens (including phenoxy) is 2. The summed E-state index contributed by atoms with van der Waals surface area (Å²) in [5, 5.41) is 0. The van der Waals surface area contributed by atoms with E-state index < -0.39 is 0 Å². The van der Waals surface area contributed by atoms with Crippen LogP contribution < -0.4 is 9.47 Å². The van der Waals surface area contributed by atoms with E-state index in [2.05, 4.69) is 25.6 Å². The molecule has 1 fully saturated rings. The number of hydrogen-bond donors (Lipinski definition) is 0. The topological polar surface area (TPSA) is 35.5 Å². The standard InChI is InChI=1S/C34H48O3/c1-3-5-7-8-9-10-11-13-27-36-32-23-21-31(22-24-32)34(35)37-33-25-19-30(20-26-33)29-17-15-28(16-18-29)14-12-6-4-2/h3,19-26,28-29H,1,4-18,27H2,2H3/t28-,29-. The molecule has 2 aromatic rings. The Bertz CT molecular complexity index is 892. The van der Waals surface area contributed by atoms with Gasteiger partial charge in [0.05, 0.1) is 12.2 Å². The number of carbonyl (C=O) groups is 1. The molecule has 3 rings (SSSR count). The van der Waals surface area contributed by atoms with Crippen molar-refractivity contribution in [3.05, 3.63) is 72.3 Å². The van der Waals surface area contributed by atoms with Crippen LogP contribution >= 0.6 is 0 Å². The molecule has 3 nitrogen and oxygen atoms in total. The molecule has 37 heavy (non-hydrogen) atoms. The normalized spacial score (nSPS) is 17.3. The molecular weight excluding hydrogens is 456 g/mol. The van der Waals surface area contributed by atoms with Gasteiger partial charge in [-0.2, -0.15) is 0 Å². The Morgan fingerprint density at radius 3 is 2.14 bits per heavy atom. The third-order valence-corrected chi connectivity index (χ3v) is 7.79. The van der Waals surface area contributed by atoms with Crippen LogP contribution in [0, 0.1) is 5.92 Å². The fourth-order valence-corrected chi connectivity index (χ4v) is 5.42. The van der Waals surface area contributed by atoms with E-state index in [1.165, 1.54) is 89.0 Å². The third kappa shape index (κ3) is 10.8. The molecule has 0 N–H and O–H groups in total. The zero-order chi connectivity index (χ0) is 26.1. The first-order valence-electron chi connectivity index (χ1n) is 14.9. The maximum atomic E-state index is 12.6. The van der Waals surface area contributed by atoms with Crippen LogP contribution in [0.1, 0.15) is 125 Å². The van der Waals surface area contributed by atoms with E-state index in [1.54, 1.807) is 12.1 Å². The first kappa shape index (κ1) is 29.0. The SMILES string of the molecule is C=CCCCCCCCCOc1ccc(C(=O)Oc2ccc([C@H]3CC[C@H](CCCCC)CC3)cc2)cc1. The van der Waals surface area contributed by atoms with Crippen molar-refractivity contribution < 1.29 is 14.3 Å². The lowest BCUT2D eigenvalue weighted by molar-refractivity contribution is 0.0734. The Morgan fingerprint density at radius 2 is 1.46 bits per heavy atom. The predicted octanol–water partition coefficient (Wildman–Crippen LogP) is 10.1. The second-order valence-corrected chi connectivity index (χ2v) is 10.7. The molecule has 2 aromatic carbocycles. The quantitative estimate of drug-likeness (QED) is 0.0930. The summed E-state index contributed by atoms with van der Waals surface area (Å²) in [5.41, 5.74) is 1.92. The zero-order valence-electron chi connectivity index (χ0n) is 23.1. The van der Waals surface area contributed by atoms with Gasteiger partial charge in [0.1, 0.15) is 11.5 Å². The summed E-state index contributed by atoms with van der Waals surface area (Å²) in [7, 11) is 0. The lowest BCUT2D eigenvalue weighted by Gasteiger charge is -2.29. The molecular formula is C34H48O3. The summed E-state index contributed by atoms with van der Waals surface area (Å²) in [6.07, 6.45) is 21.2. The van der Waals surface area contributed by atoms with Gasteiger partial charge in [-0.15, -0.1) is 6.58 Å². The Labute approximate surface area is 225 Å². The van der Waals surface area contributed by atoms with Crippen LogP contribution in [0.4, 0.5) is 0 Å². The minimum Gasteiger partial charge on any atom is -0.494 e. The van der Waals surface area contributed by atoms with Gasteiger partial charge in [-0.05, 0) is 98.7 Å². The van der Waals surface area contributed by atoms with E-state index in [0.717, 1.165) is 24.5 Å². The van der Waals surface area contributed by atoms with E-state index >= 15 is 0 Å². The highest BCUT2D eigenvalue weighted by Gasteiger charge is 2.22. The van der Waals surface area contributed by atoms with Crippen LogP contribution in [0.15, 0.2) is 61.2 Å². The second kappa shape index (κ2) is 17.1. The first-order chi connectivity index (χ1) is 18.2. The minimum absolute atomic E-state index is 0.330. The van der Waals surface area contributed by atoms with Gasteiger partial charge in [0.2, 0.25) is 0 Å².